The first-order valence-corrected chi connectivity index (χ1v) is 9.92. The van der Waals surface area contributed by atoms with Gasteiger partial charge in [0.25, 0.3) is 11.5 Å². The second kappa shape index (κ2) is 6.09. The number of piperidine rings is 1. The molecule has 3 aromatic rings. The van der Waals surface area contributed by atoms with Gasteiger partial charge in [0.2, 0.25) is 0 Å². The van der Waals surface area contributed by atoms with Crippen molar-refractivity contribution < 1.29 is 9.21 Å². The normalized spacial score (nSPS) is 21.0. The molecule has 2 aliphatic rings. The highest BCUT2D eigenvalue weighted by molar-refractivity contribution is 5.99. The van der Waals surface area contributed by atoms with E-state index in [1.165, 1.54) is 0 Å². The summed E-state index contributed by atoms with van der Waals surface area (Å²) in [6, 6.07) is 9.59. The van der Waals surface area contributed by atoms with Crippen molar-refractivity contribution in [2.24, 2.45) is 5.92 Å². The van der Waals surface area contributed by atoms with Gasteiger partial charge in [0.15, 0.2) is 5.76 Å². The number of carbonyl (C=O) groups is 1. The van der Waals surface area contributed by atoms with E-state index >= 15 is 0 Å². The zero-order valence-electron chi connectivity index (χ0n) is 16.5. The predicted octanol–water partition coefficient (Wildman–Crippen LogP) is 3.78. The van der Waals surface area contributed by atoms with E-state index in [9.17, 15) is 9.59 Å². The van der Waals surface area contributed by atoms with E-state index in [0.29, 0.717) is 31.3 Å². The Labute approximate surface area is 163 Å². The Kier molecular flexibility index (Phi) is 3.76. The Bertz CT molecular complexity index is 1170. The lowest BCUT2D eigenvalue weighted by Crippen LogP contribution is -2.49. The number of rotatable bonds is 1. The molecule has 144 valence electrons. The Morgan fingerprint density at radius 1 is 1.04 bits per heavy atom. The second-order valence-electron chi connectivity index (χ2n) is 8.35. The molecule has 0 N–H and O–H groups in total. The van der Waals surface area contributed by atoms with Gasteiger partial charge in [-0.05, 0) is 50.3 Å². The van der Waals surface area contributed by atoms with Crippen LogP contribution in [-0.2, 0) is 6.54 Å². The van der Waals surface area contributed by atoms with Crippen molar-refractivity contribution in [3.8, 4) is 0 Å². The molecule has 5 heteroatoms. The average molecular weight is 376 g/mol. The number of carbonyl (C=O) groups excluding carboxylic acids is 1. The van der Waals surface area contributed by atoms with Gasteiger partial charge in [-0.1, -0.05) is 18.2 Å². The van der Waals surface area contributed by atoms with Crippen LogP contribution in [0.1, 0.15) is 45.3 Å². The molecule has 1 saturated heterocycles. The molecule has 2 unspecified atom stereocenters. The summed E-state index contributed by atoms with van der Waals surface area (Å²) in [7, 11) is 0. The molecule has 2 bridgehead atoms. The quantitative estimate of drug-likeness (QED) is 0.649. The minimum Gasteiger partial charge on any atom is -0.450 e. The van der Waals surface area contributed by atoms with Crippen LogP contribution in [0.5, 0.6) is 0 Å². The highest BCUT2D eigenvalue weighted by Crippen LogP contribution is 2.37. The first-order chi connectivity index (χ1) is 13.4. The maximum absolute atomic E-state index is 13.4. The molecule has 5 rings (SSSR count). The fraction of sp³-hybridized carbons (Fsp3) is 0.391. The van der Waals surface area contributed by atoms with Gasteiger partial charge in [0.05, 0.1) is 0 Å². The molecule has 1 aromatic carbocycles. The topological polar surface area (TPSA) is 55.5 Å². The molecule has 5 nitrogen and oxygen atoms in total. The number of aryl methyl sites for hydroxylation is 3. The standard InChI is InChI=1S/C23H24N2O3/c1-13-7-8-18-15(3)22(28-21(18)14(13)2)23(27)24-10-16-9-17(12-24)19-5-4-6-20(26)25(19)11-16/h4-8,16-17H,9-12H2,1-3H3. The Balaban J connectivity index is 1.51. The van der Waals surface area contributed by atoms with Crippen molar-refractivity contribution in [2.45, 2.75) is 39.7 Å². The molecule has 0 spiro atoms. The smallest absolute Gasteiger partial charge is 0.289 e. The van der Waals surface area contributed by atoms with Crippen LogP contribution >= 0.6 is 0 Å². The molecule has 1 amide bonds. The predicted molar refractivity (Wildman–Crippen MR) is 108 cm³/mol. The zero-order valence-corrected chi connectivity index (χ0v) is 16.5. The highest BCUT2D eigenvalue weighted by Gasteiger charge is 2.37. The number of aromatic nitrogens is 1. The number of hydrogen-bond acceptors (Lipinski definition) is 3. The summed E-state index contributed by atoms with van der Waals surface area (Å²) in [4.78, 5) is 27.5. The summed E-state index contributed by atoms with van der Waals surface area (Å²) >= 11 is 0. The van der Waals surface area contributed by atoms with Gasteiger partial charge in [-0.25, -0.2) is 0 Å². The molecule has 2 atom stereocenters. The number of pyridine rings is 1. The van der Waals surface area contributed by atoms with E-state index in [0.717, 1.165) is 39.8 Å². The van der Waals surface area contributed by atoms with E-state index in [1.807, 2.05) is 41.5 Å². The lowest BCUT2D eigenvalue weighted by atomic mass is 9.83. The van der Waals surface area contributed by atoms with Crippen molar-refractivity contribution in [3.63, 3.8) is 0 Å². The molecule has 0 radical (unpaired) electrons. The SMILES string of the molecule is Cc1ccc2c(C)c(C(=O)N3CC4CC(C3)c3cccc(=O)n3C4)oc2c1C. The van der Waals surface area contributed by atoms with E-state index in [4.69, 9.17) is 4.42 Å². The van der Waals surface area contributed by atoms with Gasteiger partial charge in [-0.2, -0.15) is 0 Å². The molecular weight excluding hydrogens is 352 g/mol. The van der Waals surface area contributed by atoms with Crippen LogP contribution in [0.25, 0.3) is 11.0 Å². The molecular formula is C23H24N2O3. The Morgan fingerprint density at radius 3 is 2.68 bits per heavy atom. The number of nitrogens with zero attached hydrogens (tertiary/aromatic N) is 2. The van der Waals surface area contributed by atoms with Crippen molar-refractivity contribution in [1.29, 1.82) is 0 Å². The minimum absolute atomic E-state index is 0.0350. The first-order valence-electron chi connectivity index (χ1n) is 9.92. The largest absolute Gasteiger partial charge is 0.450 e. The third kappa shape index (κ3) is 2.45. The molecule has 28 heavy (non-hydrogen) atoms. The summed E-state index contributed by atoms with van der Waals surface area (Å²) in [6.07, 6.45) is 1.03. The van der Waals surface area contributed by atoms with Crippen molar-refractivity contribution >= 4 is 16.9 Å². The molecule has 1 fully saturated rings. The second-order valence-corrected chi connectivity index (χ2v) is 8.35. The molecule has 2 aliphatic heterocycles. The van der Waals surface area contributed by atoms with Crippen LogP contribution in [0, 0.1) is 26.7 Å². The number of benzene rings is 1. The first kappa shape index (κ1) is 17.3. The van der Waals surface area contributed by atoms with Gasteiger partial charge in [0.1, 0.15) is 5.58 Å². The highest BCUT2D eigenvalue weighted by atomic mass is 16.3. The van der Waals surface area contributed by atoms with Crippen LogP contribution in [-0.4, -0.2) is 28.5 Å². The number of likely N-dealkylation sites (tertiary alicyclic amines) is 1. The molecule has 2 aromatic heterocycles. The van der Waals surface area contributed by atoms with Gasteiger partial charge in [-0.3, -0.25) is 9.59 Å². The van der Waals surface area contributed by atoms with Crippen molar-refractivity contribution in [3.05, 3.63) is 68.8 Å². The third-order valence-corrected chi connectivity index (χ3v) is 6.59. The van der Waals surface area contributed by atoms with Crippen LogP contribution in [0.15, 0.2) is 39.5 Å². The lowest BCUT2D eigenvalue weighted by Gasteiger charge is -2.42. The summed E-state index contributed by atoms with van der Waals surface area (Å²) in [5, 5.41) is 1.01. The number of amides is 1. The zero-order chi connectivity index (χ0) is 19.6. The maximum Gasteiger partial charge on any atom is 0.289 e. The lowest BCUT2D eigenvalue weighted by molar-refractivity contribution is 0.0565. The summed E-state index contributed by atoms with van der Waals surface area (Å²) in [5.41, 5.74) is 5.09. The number of hydrogen-bond donors (Lipinski definition) is 0. The van der Waals surface area contributed by atoms with Crippen LogP contribution in [0.4, 0.5) is 0 Å². The van der Waals surface area contributed by atoms with E-state index in [-0.39, 0.29) is 17.4 Å². The number of furan rings is 1. The summed E-state index contributed by atoms with van der Waals surface area (Å²) < 4.78 is 7.98. The van der Waals surface area contributed by atoms with Gasteiger partial charge in [-0.15, -0.1) is 0 Å². The average Bonchev–Trinajstić information content (AvgIpc) is 3.02. The fourth-order valence-electron chi connectivity index (χ4n) is 4.93. The van der Waals surface area contributed by atoms with E-state index in [2.05, 4.69) is 13.0 Å². The van der Waals surface area contributed by atoms with Crippen LogP contribution in [0.3, 0.4) is 0 Å². The Hall–Kier alpha value is -2.82. The van der Waals surface area contributed by atoms with Gasteiger partial charge < -0.3 is 13.9 Å². The minimum atomic E-state index is -0.0350. The molecule has 4 heterocycles. The van der Waals surface area contributed by atoms with Crippen molar-refractivity contribution in [2.75, 3.05) is 13.1 Å². The summed E-state index contributed by atoms with van der Waals surface area (Å²) in [5.74, 6) is 0.935. The van der Waals surface area contributed by atoms with E-state index in [1.54, 1.807) is 6.07 Å². The van der Waals surface area contributed by atoms with E-state index < -0.39 is 0 Å². The molecule has 0 saturated carbocycles. The third-order valence-electron chi connectivity index (χ3n) is 6.59. The molecule has 0 aliphatic carbocycles. The van der Waals surface area contributed by atoms with Crippen LogP contribution in [0.2, 0.25) is 0 Å². The maximum atomic E-state index is 13.4. The van der Waals surface area contributed by atoms with Crippen LogP contribution < -0.4 is 5.56 Å². The summed E-state index contributed by atoms with van der Waals surface area (Å²) in [6.45, 7) is 8.05. The monoisotopic (exact) mass is 376 g/mol. The number of fused-ring (bicyclic) bond motifs is 5. The van der Waals surface area contributed by atoms with Gasteiger partial charge in [0, 0.05) is 48.3 Å². The Morgan fingerprint density at radius 2 is 1.86 bits per heavy atom. The van der Waals surface area contributed by atoms with Crippen molar-refractivity contribution in [1.82, 2.24) is 9.47 Å². The fourth-order valence-corrected chi connectivity index (χ4v) is 4.93. The van der Waals surface area contributed by atoms with Gasteiger partial charge >= 0.3 is 0 Å².